The molecule has 4 rings (SSSR count). The van der Waals surface area contributed by atoms with E-state index in [4.69, 9.17) is 15.2 Å². The Morgan fingerprint density at radius 3 is 2.95 bits per heavy atom. The van der Waals surface area contributed by atoms with E-state index in [1.54, 1.807) is 12.4 Å². The number of fused-ring (bicyclic) bond motifs is 2. The Bertz CT molecular complexity index is 678. The zero-order valence-electron chi connectivity index (χ0n) is 11.3. The molecule has 1 saturated carbocycles. The van der Waals surface area contributed by atoms with Crippen LogP contribution >= 0.6 is 0 Å². The second kappa shape index (κ2) is 3.85. The predicted octanol–water partition coefficient (Wildman–Crippen LogP) is 2.00. The van der Waals surface area contributed by atoms with Crippen molar-refractivity contribution in [3.8, 4) is 17.5 Å². The van der Waals surface area contributed by atoms with Crippen LogP contribution < -0.4 is 20.2 Å². The Kier molecular flexibility index (Phi) is 2.22. The topological polar surface area (TPSA) is 71.5 Å². The van der Waals surface area contributed by atoms with Crippen molar-refractivity contribution in [2.45, 2.75) is 25.2 Å². The van der Waals surface area contributed by atoms with E-state index in [1.165, 1.54) is 18.4 Å². The fourth-order valence-electron chi connectivity index (χ4n) is 2.78. The molecule has 102 valence electrons. The molecule has 5 nitrogen and oxygen atoms in total. The zero-order chi connectivity index (χ0) is 13.7. The number of nitrogens with zero attached hydrogens (tertiary/aromatic N) is 1. The molecule has 0 bridgehead atoms. The van der Waals surface area contributed by atoms with Crippen molar-refractivity contribution in [1.82, 2.24) is 4.98 Å². The average Bonchev–Trinajstić information content (AvgIpc) is 3.11. The number of rotatable bonds is 2. The predicted molar refractivity (Wildman–Crippen MR) is 72.9 cm³/mol. The van der Waals surface area contributed by atoms with Crippen LogP contribution in [-0.2, 0) is 5.41 Å². The summed E-state index contributed by atoms with van der Waals surface area (Å²) < 4.78 is 11.8. The Hall–Kier alpha value is -2.30. The molecule has 2 heterocycles. The summed E-state index contributed by atoms with van der Waals surface area (Å²) in [5, 5.41) is 0. The number of benzene rings is 1. The first-order valence-corrected chi connectivity index (χ1v) is 6.76. The summed E-state index contributed by atoms with van der Waals surface area (Å²) in [4.78, 5) is 7.09. The molecular formula is C15H16N3O2+. The third-order valence-corrected chi connectivity index (χ3v) is 4.09. The molecule has 0 amide bonds. The second-order valence-electron chi connectivity index (χ2n) is 5.61. The van der Waals surface area contributed by atoms with E-state index in [9.17, 15) is 0 Å². The normalized spacial score (nSPS) is 17.6. The quantitative estimate of drug-likeness (QED) is 0.906. The van der Waals surface area contributed by atoms with Crippen LogP contribution in [0.2, 0.25) is 0 Å². The summed E-state index contributed by atoms with van der Waals surface area (Å²) in [6.07, 6.45) is 5.57. The average molecular weight is 270 g/mol. The molecule has 0 saturated heterocycles. The van der Waals surface area contributed by atoms with Gasteiger partial charge in [-0.25, -0.2) is 4.98 Å². The van der Waals surface area contributed by atoms with Crippen molar-refractivity contribution in [3.05, 3.63) is 35.7 Å². The molecule has 1 spiro atoms. The first kappa shape index (κ1) is 11.5. The molecule has 1 aliphatic carbocycles. The molecule has 1 aliphatic heterocycles. The van der Waals surface area contributed by atoms with Gasteiger partial charge in [0.15, 0.2) is 6.20 Å². The number of H-pyrrole nitrogens is 1. The number of nitrogens with two attached hydrogens (primary N) is 1. The molecule has 1 aromatic carbocycles. The first-order chi connectivity index (χ1) is 9.68. The van der Waals surface area contributed by atoms with E-state index in [1.807, 2.05) is 12.1 Å². The van der Waals surface area contributed by atoms with Crippen molar-refractivity contribution in [3.63, 3.8) is 0 Å². The van der Waals surface area contributed by atoms with E-state index in [0.717, 1.165) is 23.7 Å². The van der Waals surface area contributed by atoms with Crippen LogP contribution in [0.25, 0.3) is 0 Å². The van der Waals surface area contributed by atoms with Gasteiger partial charge in [0, 0.05) is 11.0 Å². The van der Waals surface area contributed by atoms with E-state index in [2.05, 4.69) is 16.9 Å². The molecule has 5 heteroatoms. The maximum Gasteiger partial charge on any atom is 0.501 e. The lowest BCUT2D eigenvalue weighted by atomic mass is 9.95. The monoisotopic (exact) mass is 270 g/mol. The minimum Gasteiger partial charge on any atom is -0.492 e. The highest BCUT2D eigenvalue weighted by Crippen LogP contribution is 2.59. The lowest BCUT2D eigenvalue weighted by Crippen LogP contribution is -2.12. The number of aryl methyl sites for hydroxylation is 1. The van der Waals surface area contributed by atoms with E-state index < -0.39 is 0 Å². The van der Waals surface area contributed by atoms with E-state index >= 15 is 0 Å². The highest BCUT2D eigenvalue weighted by atomic mass is 16.5. The van der Waals surface area contributed by atoms with Crippen LogP contribution in [-0.4, -0.2) is 11.6 Å². The van der Waals surface area contributed by atoms with Crippen molar-refractivity contribution in [1.29, 1.82) is 0 Å². The van der Waals surface area contributed by atoms with Gasteiger partial charge in [-0.1, -0.05) is 6.07 Å². The molecule has 1 fully saturated rings. The Labute approximate surface area is 116 Å². The Balaban J connectivity index is 1.76. The zero-order valence-corrected chi connectivity index (χ0v) is 11.3. The molecular weight excluding hydrogens is 254 g/mol. The summed E-state index contributed by atoms with van der Waals surface area (Å²) >= 11 is 0. The highest BCUT2D eigenvalue weighted by Gasteiger charge is 2.53. The van der Waals surface area contributed by atoms with Crippen molar-refractivity contribution < 1.29 is 14.5 Å². The highest BCUT2D eigenvalue weighted by molar-refractivity contribution is 5.59. The summed E-state index contributed by atoms with van der Waals surface area (Å²) in [6.45, 7) is 2.83. The van der Waals surface area contributed by atoms with Gasteiger partial charge in [-0.3, -0.25) is 0 Å². The number of aromatic amines is 1. The number of ether oxygens (including phenoxy) is 2. The fraction of sp³-hybridized carbons (Fsp3) is 0.333. The lowest BCUT2D eigenvalue weighted by Gasteiger charge is -2.10. The number of nitrogen functional groups attached to an aromatic ring is 1. The van der Waals surface area contributed by atoms with Gasteiger partial charge in [0.25, 0.3) is 0 Å². The fourth-order valence-corrected chi connectivity index (χ4v) is 2.78. The Morgan fingerprint density at radius 1 is 1.40 bits per heavy atom. The van der Waals surface area contributed by atoms with Crippen LogP contribution in [0.5, 0.6) is 17.5 Å². The summed E-state index contributed by atoms with van der Waals surface area (Å²) in [6, 6.07) is 4.45. The van der Waals surface area contributed by atoms with Gasteiger partial charge in [0.2, 0.25) is 0 Å². The van der Waals surface area contributed by atoms with Crippen LogP contribution in [0, 0.1) is 6.92 Å². The number of hydrogen-bond acceptors (Lipinski definition) is 4. The number of aromatic nitrogens is 2. The lowest BCUT2D eigenvalue weighted by molar-refractivity contribution is -0.395. The molecule has 0 radical (unpaired) electrons. The van der Waals surface area contributed by atoms with E-state index in [-0.39, 0.29) is 5.41 Å². The standard InChI is InChI=1S/C15H15N3O2/c1-9-2-3-11(20-14-17-6-10(16)7-18-14)12-13(9)19-8-15(12)4-5-15/h2-3,6-7H,4-5,8,16H2,1H3/p+1. The summed E-state index contributed by atoms with van der Waals surface area (Å²) in [7, 11) is 0. The molecule has 3 N–H and O–H groups in total. The van der Waals surface area contributed by atoms with Crippen molar-refractivity contribution in [2.24, 2.45) is 0 Å². The third kappa shape index (κ3) is 1.62. The van der Waals surface area contributed by atoms with Crippen molar-refractivity contribution >= 4 is 5.69 Å². The maximum atomic E-state index is 5.90. The SMILES string of the molecule is Cc1ccc(Oc2ncc(N)c[nH+]2)c2c1OCC21CC1. The van der Waals surface area contributed by atoms with E-state index in [0.29, 0.717) is 11.7 Å². The number of nitrogens with one attached hydrogen (secondary N) is 1. The maximum absolute atomic E-state index is 5.90. The van der Waals surface area contributed by atoms with Crippen LogP contribution in [0.3, 0.4) is 0 Å². The van der Waals surface area contributed by atoms with Crippen LogP contribution in [0.15, 0.2) is 24.5 Å². The van der Waals surface area contributed by atoms with Gasteiger partial charge in [0.1, 0.15) is 23.4 Å². The summed E-state index contributed by atoms with van der Waals surface area (Å²) in [5.74, 6) is 1.81. The van der Waals surface area contributed by atoms with Gasteiger partial charge in [-0.15, -0.1) is 0 Å². The number of anilines is 1. The minimum absolute atomic E-state index is 0.171. The van der Waals surface area contributed by atoms with Gasteiger partial charge in [-0.2, -0.15) is 0 Å². The van der Waals surface area contributed by atoms with Gasteiger partial charge in [-0.05, 0) is 36.4 Å². The molecule has 0 atom stereocenters. The first-order valence-electron chi connectivity index (χ1n) is 6.76. The van der Waals surface area contributed by atoms with Gasteiger partial charge >= 0.3 is 6.01 Å². The second-order valence-corrected chi connectivity index (χ2v) is 5.61. The Morgan fingerprint density at radius 2 is 2.25 bits per heavy atom. The van der Waals surface area contributed by atoms with Crippen molar-refractivity contribution in [2.75, 3.05) is 12.3 Å². The number of hydrogen-bond donors (Lipinski definition) is 1. The summed E-state index contributed by atoms with van der Waals surface area (Å²) in [5.41, 5.74) is 8.72. The third-order valence-electron chi connectivity index (χ3n) is 4.09. The molecule has 20 heavy (non-hydrogen) atoms. The van der Waals surface area contributed by atoms with Gasteiger partial charge in [0.05, 0.1) is 6.61 Å². The molecule has 2 aliphatic rings. The molecule has 1 aromatic heterocycles. The van der Waals surface area contributed by atoms with Crippen LogP contribution in [0.4, 0.5) is 5.69 Å². The minimum atomic E-state index is 0.171. The molecule has 0 unspecified atom stereocenters. The van der Waals surface area contributed by atoms with Crippen LogP contribution in [0.1, 0.15) is 24.0 Å². The smallest absolute Gasteiger partial charge is 0.492 e. The van der Waals surface area contributed by atoms with Gasteiger partial charge < -0.3 is 15.2 Å². The largest absolute Gasteiger partial charge is 0.501 e. The molecule has 2 aromatic rings.